The molecule has 0 rings (SSSR count). The molecule has 0 N–H and O–H groups in total. The minimum atomic E-state index is -6.72. The fourth-order valence-electron chi connectivity index (χ4n) is 0.855. The van der Waals surface area contributed by atoms with Crippen LogP contribution in [-0.4, -0.2) is 187 Å². The van der Waals surface area contributed by atoms with Crippen molar-refractivity contribution in [1.29, 1.82) is 0 Å². The zero-order valence-electron chi connectivity index (χ0n) is 26.1. The van der Waals surface area contributed by atoms with E-state index in [1.807, 2.05) is 0 Å². The summed E-state index contributed by atoms with van der Waals surface area (Å²) in [6, 6.07) is 0. The largest absolute Gasteiger partial charge is 2.00 e. The Morgan fingerprint density at radius 1 is 0.177 bits per heavy atom. The van der Waals surface area contributed by atoms with E-state index in [0.717, 1.165) is 16.5 Å². The molecule has 0 aromatic heterocycles. The van der Waals surface area contributed by atoms with Gasteiger partial charge < -0.3 is 16.5 Å². The predicted octanol–water partition coefficient (Wildman–Crippen LogP) is 3.48. The van der Waals surface area contributed by atoms with Gasteiger partial charge in [-0.2, -0.15) is 105 Å². The predicted molar refractivity (Wildman–Crippen MR) is 145 cm³/mol. The molecule has 0 aliphatic rings. The van der Waals surface area contributed by atoms with Gasteiger partial charge in [0.05, 0.1) is 0 Å². The number of hydrogen-bond acceptors (Lipinski definition) is 16. The van der Waals surface area contributed by atoms with Crippen LogP contribution in [0.4, 0.5) is 105 Å². The van der Waals surface area contributed by atoms with Crippen molar-refractivity contribution in [2.75, 3.05) is 0 Å². The molecule has 0 heterocycles. The molecule has 0 saturated carbocycles. The Balaban J connectivity index is -0.000000167. The van der Waals surface area contributed by atoms with E-state index in [1.165, 1.54) is 0 Å². The molecule has 0 aromatic carbocycles. The first-order valence-corrected chi connectivity index (χ1v) is 21.8. The monoisotopic (exact) mass is 1200 g/mol. The molecule has 368 valence electrons. The van der Waals surface area contributed by atoms with E-state index in [1.54, 1.807) is 0 Å². The van der Waals surface area contributed by atoms with Crippen molar-refractivity contribution in [3.05, 3.63) is 16.5 Å². The van der Waals surface area contributed by atoms with Gasteiger partial charge in [0.2, 0.25) is 0 Å². The van der Waals surface area contributed by atoms with E-state index in [4.69, 9.17) is 0 Å². The van der Waals surface area contributed by atoms with E-state index >= 15 is 0 Å². The fourth-order valence-corrected chi connectivity index (χ4v) is 7.69. The van der Waals surface area contributed by atoms with E-state index in [2.05, 4.69) is 0 Å². The maximum atomic E-state index is 11.4. The average Bonchev–Trinajstić information content (AvgIpc) is 2.82. The third kappa shape index (κ3) is 22.9. The summed E-state index contributed by atoms with van der Waals surface area (Å²) >= 11 is 0. The fraction of sp³-hybridized carbons (Fsp3) is 1.00. The topological polar surface area (TPSA) is 330 Å². The van der Waals surface area contributed by atoms with Crippen molar-refractivity contribution in [3.63, 3.8) is 0 Å². The zero-order chi connectivity index (χ0) is 50.8. The van der Waals surface area contributed by atoms with E-state index < -0.39 is 124 Å². The third-order valence-electron chi connectivity index (χ3n) is 3.12. The van der Waals surface area contributed by atoms with Crippen LogP contribution in [0.3, 0.4) is 0 Å². The minimum absolute atomic E-state index is 0. The smallest absolute Gasteiger partial charge is 0.421 e. The number of rotatable bonds is 8. The minimum Gasteiger partial charge on any atom is -0.421 e. The number of alkyl halides is 24. The second-order valence-electron chi connectivity index (χ2n) is 7.66. The summed E-state index contributed by atoms with van der Waals surface area (Å²) in [5, 5.41) is 0. The molecule has 62 heavy (non-hydrogen) atoms. The molecule has 0 saturated heterocycles. The van der Waals surface area contributed by atoms with Gasteiger partial charge in [0.1, 0.15) is 0 Å². The summed E-state index contributed by atoms with van der Waals surface area (Å²) in [5.74, 6) is 0. The van der Waals surface area contributed by atoms with Crippen molar-refractivity contribution >= 4 is 156 Å². The van der Waals surface area contributed by atoms with Crippen molar-refractivity contribution in [2.45, 2.75) is 44.1 Å². The van der Waals surface area contributed by atoms with E-state index in [-0.39, 0.29) is 75.5 Å². The van der Waals surface area contributed by atoms with Gasteiger partial charge in [-0.25, -0.2) is 67.3 Å². The Morgan fingerprint density at radius 3 is 0.258 bits per heavy atom. The van der Waals surface area contributed by atoms with Crippen molar-refractivity contribution in [2.24, 2.45) is 0 Å². The zero-order valence-corrected chi connectivity index (χ0v) is 37.0. The molecule has 0 atom stereocenters. The van der Waals surface area contributed by atoms with Crippen LogP contribution in [0.25, 0.3) is 16.5 Å². The summed E-state index contributed by atoms with van der Waals surface area (Å²) in [7, 11) is -53.8. The molecule has 54 heteroatoms. The molecule has 0 radical (unpaired) electrons. The first-order chi connectivity index (χ1) is 24.8. The summed E-state index contributed by atoms with van der Waals surface area (Å²) in [6.45, 7) is 0. The molecule has 0 aliphatic heterocycles. The number of sulfonamides is 8. The van der Waals surface area contributed by atoms with Crippen LogP contribution in [-0.2, 0) is 80.2 Å². The van der Waals surface area contributed by atoms with Gasteiger partial charge in [0, 0.05) is 0 Å². The molecule has 0 aromatic rings. The SMILES string of the molecule is O=S(=O)([N-]S(=O)(=O)C(F)(F)F)C(F)(F)F.O=S(=O)([N-]S(=O)(=O)C(F)(F)F)C(F)(F)F.O=S(=O)([N-]S(=O)(=O)C(F)(F)F)C(F)(F)F.O=S(=O)([N-]S(=O)(=O)C(F)(F)F)C(F)(F)F.[Ca+2].[Ca+2]. The molecule has 0 unspecified atom stereocenters. The molecule has 0 fully saturated rings. The molecule has 20 nitrogen and oxygen atoms in total. The summed E-state index contributed by atoms with van der Waals surface area (Å²) in [6.07, 6.45) is 0. The van der Waals surface area contributed by atoms with Crippen molar-refractivity contribution in [3.8, 4) is 0 Å². The molecule has 0 spiro atoms. The molecular weight excluding hydrogens is 1200 g/mol. The van der Waals surface area contributed by atoms with E-state index in [9.17, 15) is 173 Å². The third-order valence-corrected chi connectivity index (χ3v) is 14.1. The van der Waals surface area contributed by atoms with Gasteiger partial charge in [0.25, 0.3) is 0 Å². The quantitative estimate of drug-likeness (QED) is 0.248. The summed E-state index contributed by atoms with van der Waals surface area (Å²) < 4.78 is 437. The molecule has 0 amide bonds. The Bertz CT molecular complexity index is 1900. The summed E-state index contributed by atoms with van der Waals surface area (Å²) in [5.41, 5.74) is -49.6. The van der Waals surface area contributed by atoms with Crippen molar-refractivity contribution in [1.82, 2.24) is 0 Å². The van der Waals surface area contributed by atoms with Crippen LogP contribution in [0, 0.1) is 0 Å². The van der Waals surface area contributed by atoms with Crippen molar-refractivity contribution < 1.29 is 173 Å². The van der Waals surface area contributed by atoms with Crippen LogP contribution in [0.15, 0.2) is 0 Å². The Morgan fingerprint density at radius 2 is 0.226 bits per heavy atom. The first kappa shape index (κ1) is 73.8. The molecule has 0 bridgehead atoms. The van der Waals surface area contributed by atoms with Gasteiger partial charge in [-0.05, 0) is 0 Å². The summed E-state index contributed by atoms with van der Waals surface area (Å²) in [4.78, 5) is 0. The average molecular weight is 1200 g/mol. The normalized spacial score (nSPS) is 14.8. The molecule has 0 aliphatic carbocycles. The molecular formula is C8Ca2F24N4O16S8. The van der Waals surface area contributed by atoms with Gasteiger partial charge in [-0.15, -0.1) is 0 Å². The van der Waals surface area contributed by atoms with Crippen LogP contribution in [0.1, 0.15) is 0 Å². The van der Waals surface area contributed by atoms with Gasteiger partial charge >= 0.3 is 120 Å². The van der Waals surface area contributed by atoms with Crippen LogP contribution >= 0.6 is 0 Å². The Labute approximate surface area is 385 Å². The van der Waals surface area contributed by atoms with Gasteiger partial charge in [-0.1, -0.05) is 0 Å². The Hall–Kier alpha value is 0.279. The maximum absolute atomic E-state index is 11.4. The van der Waals surface area contributed by atoms with Crippen LogP contribution in [0.2, 0.25) is 0 Å². The maximum Gasteiger partial charge on any atom is 2.00 e. The second kappa shape index (κ2) is 22.1. The van der Waals surface area contributed by atoms with Gasteiger partial charge in [-0.3, -0.25) is 0 Å². The Kier molecular flexibility index (Phi) is 26.4. The number of nitrogens with zero attached hydrogens (tertiary/aromatic N) is 4. The standard InChI is InChI=1S/4C2F6NO4S2.2Ca/c4*3-1(4,5)14(10,11)9-15(12,13)2(6,7)8;;/q4*-1;2*+2. The first-order valence-electron chi connectivity index (χ1n) is 10.3. The van der Waals surface area contributed by atoms with Gasteiger partial charge in [0.15, 0.2) is 80.2 Å². The number of halogens is 24. The number of hydrogen-bond donors (Lipinski definition) is 0. The van der Waals surface area contributed by atoms with E-state index in [0.29, 0.717) is 0 Å². The second-order valence-corrected chi connectivity index (χ2v) is 21.4. The van der Waals surface area contributed by atoms with Crippen LogP contribution < -0.4 is 0 Å². The van der Waals surface area contributed by atoms with Crippen LogP contribution in [0.5, 0.6) is 0 Å².